The number of aromatic nitrogens is 2. The molecule has 2 aromatic carbocycles. The zero-order chi connectivity index (χ0) is 39.3. The van der Waals surface area contributed by atoms with Crippen LogP contribution in [0.5, 0.6) is 0 Å². The summed E-state index contributed by atoms with van der Waals surface area (Å²) in [5.74, 6) is -3.13. The zero-order valence-electron chi connectivity index (χ0n) is 28.0. The highest BCUT2D eigenvalue weighted by molar-refractivity contribution is 6.15. The summed E-state index contributed by atoms with van der Waals surface area (Å²) in [6.07, 6.45) is -12.9. The summed E-state index contributed by atoms with van der Waals surface area (Å²) in [5, 5.41) is 5.00. The van der Waals surface area contributed by atoms with E-state index in [1.165, 1.54) is 30.3 Å². The third kappa shape index (κ3) is 5.66. The van der Waals surface area contributed by atoms with Crippen molar-refractivity contribution in [3.8, 4) is 0 Å². The third-order valence-corrected chi connectivity index (χ3v) is 10.6. The van der Waals surface area contributed by atoms with Crippen molar-refractivity contribution < 1.29 is 58.1 Å². The van der Waals surface area contributed by atoms with Gasteiger partial charge in [0.2, 0.25) is 6.67 Å². The molecule has 0 radical (unpaired) electrons. The molecule has 2 unspecified atom stereocenters. The number of rotatable bonds is 3. The van der Waals surface area contributed by atoms with Crippen LogP contribution in [0, 0.1) is 5.82 Å². The number of nitrogens with zero attached hydrogens (tertiary/aromatic N) is 4. The number of amidine groups is 2. The van der Waals surface area contributed by atoms with E-state index in [0.717, 1.165) is 24.3 Å². The fraction of sp³-hybridized carbons (Fsp3) is 0.297. The van der Waals surface area contributed by atoms with Gasteiger partial charge in [0.25, 0.3) is 11.8 Å². The molecule has 2 N–H and O–H groups in total. The highest BCUT2D eigenvalue weighted by atomic mass is 19.4. The van der Waals surface area contributed by atoms with Gasteiger partial charge in [0.15, 0.2) is 11.9 Å². The number of aliphatic imine (C=N–C) groups is 2. The minimum Gasteiger partial charge on any atom is -0.361 e. The molecule has 4 aromatic rings. The minimum atomic E-state index is -4.88. The van der Waals surface area contributed by atoms with Gasteiger partial charge in [0.1, 0.15) is 40.6 Å². The van der Waals surface area contributed by atoms with Gasteiger partial charge in [-0.15, -0.1) is 0 Å². The van der Waals surface area contributed by atoms with Crippen LogP contribution in [0.2, 0.25) is 0 Å². The largest absolute Gasteiger partial charge is 0.433 e. The van der Waals surface area contributed by atoms with Gasteiger partial charge in [-0.05, 0) is 72.4 Å². The van der Waals surface area contributed by atoms with E-state index in [-0.39, 0.29) is 77.3 Å². The van der Waals surface area contributed by atoms with Crippen molar-refractivity contribution >= 4 is 23.5 Å². The lowest BCUT2D eigenvalue weighted by Gasteiger charge is -2.33. The maximum Gasteiger partial charge on any atom is 0.433 e. The number of alkyl halides is 9. The van der Waals surface area contributed by atoms with Gasteiger partial charge < -0.3 is 10.6 Å². The Morgan fingerprint density at radius 2 is 1.38 bits per heavy atom. The molecule has 2 aliphatic carbocycles. The van der Waals surface area contributed by atoms with E-state index < -0.39 is 70.6 Å². The topological polar surface area (TPSA) is 99.7 Å². The number of carbonyl (C=O) groups excluding carboxylic acids is 2. The number of hydrogen-bond acceptors (Lipinski definition) is 5. The molecule has 4 aliphatic rings. The molecule has 8 nitrogen and oxygen atoms in total. The van der Waals surface area contributed by atoms with Crippen molar-refractivity contribution in [3.63, 3.8) is 0 Å². The number of amides is 2. The molecule has 2 aromatic heterocycles. The lowest BCUT2D eigenvalue weighted by Crippen LogP contribution is -2.50. The number of hydrogen-bond donors (Lipinski definition) is 2. The highest BCUT2D eigenvalue weighted by Crippen LogP contribution is 2.50. The Labute approximate surface area is 304 Å². The Hall–Kier alpha value is -5.68. The molecule has 2 amide bonds. The van der Waals surface area contributed by atoms with Crippen LogP contribution in [-0.2, 0) is 52.3 Å². The lowest BCUT2D eigenvalue weighted by molar-refractivity contribution is -0.706. The van der Waals surface area contributed by atoms with E-state index in [9.17, 15) is 53.5 Å². The summed E-state index contributed by atoms with van der Waals surface area (Å²) in [6, 6.07) is 11.3. The normalized spacial score (nSPS) is 21.6. The van der Waals surface area contributed by atoms with Crippen molar-refractivity contribution in [2.45, 2.75) is 61.7 Å². The van der Waals surface area contributed by atoms with E-state index in [4.69, 9.17) is 0 Å². The summed E-state index contributed by atoms with van der Waals surface area (Å²) in [7, 11) is 0. The summed E-state index contributed by atoms with van der Waals surface area (Å²) < 4.78 is 139. The molecule has 55 heavy (non-hydrogen) atoms. The maximum absolute atomic E-state index is 14.8. The first-order valence-corrected chi connectivity index (χ1v) is 16.8. The number of nitrogens with one attached hydrogen (secondary N) is 2. The second kappa shape index (κ2) is 12.2. The number of halogens is 10. The van der Waals surface area contributed by atoms with Crippen LogP contribution in [0.15, 0.2) is 76.8 Å². The Kier molecular flexibility index (Phi) is 8.03. The van der Waals surface area contributed by atoms with Gasteiger partial charge in [-0.2, -0.15) is 54.1 Å². The first kappa shape index (κ1) is 36.3. The lowest BCUT2D eigenvalue weighted by atomic mass is 9.71. The molecular formula is C37H25F10N6O2+. The number of benzene rings is 2. The van der Waals surface area contributed by atoms with E-state index >= 15 is 0 Å². The zero-order valence-corrected chi connectivity index (χ0v) is 28.0. The van der Waals surface area contributed by atoms with Crippen LogP contribution in [0.3, 0.4) is 0 Å². The molecule has 8 rings (SSSR count). The highest BCUT2D eigenvalue weighted by Gasteiger charge is 2.56. The van der Waals surface area contributed by atoms with Gasteiger partial charge in [0, 0.05) is 29.2 Å². The van der Waals surface area contributed by atoms with E-state index in [1.54, 1.807) is 10.8 Å². The first-order valence-electron chi connectivity index (χ1n) is 16.8. The first-order chi connectivity index (χ1) is 25.8. The molecule has 284 valence electrons. The summed E-state index contributed by atoms with van der Waals surface area (Å²) in [6.45, 7) is -1.81. The number of fused-ring (bicyclic) bond motifs is 8. The van der Waals surface area contributed by atoms with Crippen molar-refractivity contribution in [2.24, 2.45) is 9.98 Å². The molecule has 2 atom stereocenters. The minimum absolute atomic E-state index is 0.0490. The second-order valence-electron chi connectivity index (χ2n) is 13.6. The summed E-state index contributed by atoms with van der Waals surface area (Å²) in [5.41, 5.74) is -5.48. The molecule has 0 saturated carbocycles. The number of carbonyl (C=O) groups is 2. The van der Waals surface area contributed by atoms with Crippen LogP contribution in [0.1, 0.15) is 68.9 Å². The maximum atomic E-state index is 14.8. The number of pyridine rings is 2. The van der Waals surface area contributed by atoms with Gasteiger partial charge in [0.05, 0.1) is 11.3 Å². The van der Waals surface area contributed by atoms with Gasteiger partial charge in [-0.3, -0.25) is 9.59 Å². The Balaban J connectivity index is 1.18. The Bertz CT molecular complexity index is 2390. The molecule has 4 heterocycles. The molecule has 0 saturated heterocycles. The average molecular weight is 776 g/mol. The SMILES string of the molecule is O=C1N=C(NCC(F)(F)F)c2ccc(C(F)(F)F)cc2C12CCc1c2ccc[n+]1CNC1=NC(=O)C2(CCc3c(F)cccc32)c2nc(C(F)(F)F)ccc21. The summed E-state index contributed by atoms with van der Waals surface area (Å²) >= 11 is 0. The second-order valence-corrected chi connectivity index (χ2v) is 13.6. The fourth-order valence-corrected chi connectivity index (χ4v) is 8.23. The van der Waals surface area contributed by atoms with E-state index in [1.807, 2.05) is 5.32 Å². The predicted octanol–water partition coefficient (Wildman–Crippen LogP) is 5.98. The van der Waals surface area contributed by atoms with Crippen molar-refractivity contribution in [1.82, 2.24) is 15.6 Å². The van der Waals surface area contributed by atoms with Crippen molar-refractivity contribution in [1.29, 1.82) is 0 Å². The van der Waals surface area contributed by atoms with Crippen LogP contribution >= 0.6 is 0 Å². The van der Waals surface area contributed by atoms with Gasteiger partial charge in [-0.1, -0.05) is 18.2 Å². The predicted molar refractivity (Wildman–Crippen MR) is 172 cm³/mol. The quantitative estimate of drug-likeness (QED) is 0.197. The van der Waals surface area contributed by atoms with Gasteiger partial charge >= 0.3 is 18.5 Å². The third-order valence-electron chi connectivity index (χ3n) is 10.6. The van der Waals surface area contributed by atoms with Crippen molar-refractivity contribution in [2.75, 3.05) is 6.54 Å². The molecule has 0 fully saturated rings. The average Bonchev–Trinajstić information content (AvgIpc) is 3.71. The molecule has 2 spiro atoms. The van der Waals surface area contributed by atoms with Gasteiger partial charge in [-0.25, -0.2) is 9.37 Å². The smallest absolute Gasteiger partial charge is 0.361 e. The van der Waals surface area contributed by atoms with E-state index in [0.29, 0.717) is 11.8 Å². The van der Waals surface area contributed by atoms with Crippen LogP contribution < -0.4 is 15.2 Å². The Morgan fingerprint density at radius 1 is 0.709 bits per heavy atom. The standard InChI is InChI=1S/C37H24F10N6O2/c38-25-5-1-3-22-19(25)10-12-34(22)28-21(8-9-27(50-28)37(45,46)47)30(52-32(34)55)49-17-53-14-2-4-23-26(53)11-13-33(23)24-15-18(36(42,43)44)6-7-20(24)29(51-31(33)54)48-16-35(39,40)41/h1-9,14-15H,10-13,16-17H2,(H-,48,49,51,52,54,55)/p+1. The molecular weight excluding hydrogens is 750 g/mol. The van der Waals surface area contributed by atoms with Crippen LogP contribution in [-0.4, -0.2) is 41.2 Å². The Morgan fingerprint density at radius 3 is 2.09 bits per heavy atom. The monoisotopic (exact) mass is 775 g/mol. The summed E-state index contributed by atoms with van der Waals surface area (Å²) in [4.78, 5) is 39.9. The molecule has 0 bridgehead atoms. The van der Waals surface area contributed by atoms with Crippen molar-refractivity contribution in [3.05, 3.63) is 129 Å². The fourth-order valence-electron chi connectivity index (χ4n) is 8.23. The van der Waals surface area contributed by atoms with E-state index in [2.05, 4.69) is 20.3 Å². The molecule has 18 heteroatoms. The van der Waals surface area contributed by atoms with Crippen LogP contribution in [0.4, 0.5) is 43.9 Å². The molecule has 2 aliphatic heterocycles. The van der Waals surface area contributed by atoms with Crippen LogP contribution in [0.25, 0.3) is 0 Å².